The molecular weight excluding hydrogens is 376 g/mol. The number of amides is 1. The Bertz CT molecular complexity index is 872. The van der Waals surface area contributed by atoms with E-state index >= 15 is 0 Å². The Hall–Kier alpha value is -1.90. The summed E-state index contributed by atoms with van der Waals surface area (Å²) in [5.74, 6) is -0.229. The minimum Gasteiger partial charge on any atom is -0.352 e. The minimum absolute atomic E-state index is 0.0464. The van der Waals surface area contributed by atoms with Crippen LogP contribution in [0.4, 0.5) is 0 Å². The fourth-order valence-corrected chi connectivity index (χ4v) is 4.51. The first-order valence-corrected chi connectivity index (χ1v) is 10.2. The third kappa shape index (κ3) is 4.25. The Morgan fingerprint density at radius 3 is 2.50 bits per heavy atom. The number of carbonyl (C=O) groups excluding carboxylic acids is 1. The Kier molecular flexibility index (Phi) is 5.64. The van der Waals surface area contributed by atoms with Crippen LogP contribution in [0, 0.1) is 5.92 Å². The standard InChI is InChI=1S/C17H21ClN4O3S/c1-21-11-16(20-12-21)26(24,25)22-8-6-14(7-9-22)17(23)19-10-13-2-4-15(18)5-3-13/h2-5,11-12,14H,6-10H2,1H3,(H,19,23). The van der Waals surface area contributed by atoms with Crippen LogP contribution in [0.15, 0.2) is 41.8 Å². The van der Waals surface area contributed by atoms with Crippen molar-refractivity contribution >= 4 is 27.5 Å². The van der Waals surface area contributed by atoms with Gasteiger partial charge in [0.1, 0.15) is 0 Å². The molecule has 0 aliphatic carbocycles. The first kappa shape index (κ1) is 18.9. The minimum atomic E-state index is -3.59. The molecule has 0 bridgehead atoms. The highest BCUT2D eigenvalue weighted by atomic mass is 35.5. The SMILES string of the molecule is Cn1cnc(S(=O)(=O)N2CCC(C(=O)NCc3ccc(Cl)cc3)CC2)c1. The van der Waals surface area contributed by atoms with E-state index in [0.717, 1.165) is 5.56 Å². The first-order valence-electron chi connectivity index (χ1n) is 8.36. The number of aromatic nitrogens is 2. The average molecular weight is 397 g/mol. The Labute approximate surface area is 158 Å². The summed E-state index contributed by atoms with van der Waals surface area (Å²) < 4.78 is 28.1. The predicted molar refractivity (Wildman–Crippen MR) is 98.0 cm³/mol. The predicted octanol–water partition coefficient (Wildman–Crippen LogP) is 1.79. The van der Waals surface area contributed by atoms with Crippen LogP contribution in [0.25, 0.3) is 0 Å². The Balaban J connectivity index is 1.53. The third-order valence-electron chi connectivity index (χ3n) is 4.49. The van der Waals surface area contributed by atoms with E-state index < -0.39 is 10.0 Å². The van der Waals surface area contributed by atoms with E-state index in [1.807, 2.05) is 12.1 Å². The van der Waals surface area contributed by atoms with Gasteiger partial charge in [-0.05, 0) is 30.5 Å². The zero-order valence-corrected chi connectivity index (χ0v) is 16.0. The number of hydrogen-bond donors (Lipinski definition) is 1. The van der Waals surface area contributed by atoms with Gasteiger partial charge >= 0.3 is 0 Å². The van der Waals surface area contributed by atoms with Crippen LogP contribution in [0.5, 0.6) is 0 Å². The summed E-state index contributed by atoms with van der Waals surface area (Å²) in [6.45, 7) is 1.07. The number of aryl methyl sites for hydroxylation is 1. The van der Waals surface area contributed by atoms with Crippen molar-refractivity contribution < 1.29 is 13.2 Å². The van der Waals surface area contributed by atoms with Crippen molar-refractivity contribution in [3.8, 4) is 0 Å². The number of imidazole rings is 1. The van der Waals surface area contributed by atoms with Crippen molar-refractivity contribution in [2.24, 2.45) is 13.0 Å². The van der Waals surface area contributed by atoms with Gasteiger partial charge in [0, 0.05) is 43.8 Å². The van der Waals surface area contributed by atoms with Crippen LogP contribution in [-0.2, 0) is 28.4 Å². The molecule has 0 atom stereocenters. The topological polar surface area (TPSA) is 84.3 Å². The molecule has 1 fully saturated rings. The Morgan fingerprint density at radius 1 is 1.27 bits per heavy atom. The number of rotatable bonds is 5. The summed E-state index contributed by atoms with van der Waals surface area (Å²) in [5.41, 5.74) is 0.970. The maximum absolute atomic E-state index is 12.6. The number of benzene rings is 1. The molecule has 2 heterocycles. The van der Waals surface area contributed by atoms with Gasteiger partial charge in [0.05, 0.1) is 6.33 Å². The lowest BCUT2D eigenvalue weighted by atomic mass is 9.97. The highest BCUT2D eigenvalue weighted by Gasteiger charge is 2.33. The van der Waals surface area contributed by atoms with E-state index in [4.69, 9.17) is 11.6 Å². The van der Waals surface area contributed by atoms with Gasteiger partial charge in [0.2, 0.25) is 5.91 Å². The lowest BCUT2D eigenvalue weighted by Gasteiger charge is -2.29. The lowest BCUT2D eigenvalue weighted by molar-refractivity contribution is -0.126. The van der Waals surface area contributed by atoms with Crippen LogP contribution >= 0.6 is 11.6 Å². The quantitative estimate of drug-likeness (QED) is 0.835. The molecule has 1 amide bonds. The van der Waals surface area contributed by atoms with Crippen LogP contribution in [0.1, 0.15) is 18.4 Å². The zero-order chi connectivity index (χ0) is 18.7. The molecule has 0 radical (unpaired) electrons. The summed E-state index contributed by atoms with van der Waals surface area (Å²) in [6, 6.07) is 7.29. The summed E-state index contributed by atoms with van der Waals surface area (Å²) in [5, 5.41) is 3.61. The molecule has 1 saturated heterocycles. The summed E-state index contributed by atoms with van der Waals surface area (Å²) in [7, 11) is -1.87. The number of halogens is 1. The van der Waals surface area contributed by atoms with E-state index in [1.165, 1.54) is 16.8 Å². The van der Waals surface area contributed by atoms with Gasteiger partial charge in [-0.2, -0.15) is 4.31 Å². The molecule has 1 aliphatic rings. The van der Waals surface area contributed by atoms with Crippen LogP contribution in [-0.4, -0.2) is 41.3 Å². The van der Waals surface area contributed by atoms with E-state index in [0.29, 0.717) is 37.5 Å². The number of hydrogen-bond acceptors (Lipinski definition) is 4. The first-order chi connectivity index (χ1) is 12.4. The van der Waals surface area contributed by atoms with E-state index in [9.17, 15) is 13.2 Å². The van der Waals surface area contributed by atoms with Crippen molar-refractivity contribution in [2.75, 3.05) is 13.1 Å². The fourth-order valence-electron chi connectivity index (χ4n) is 2.95. The van der Waals surface area contributed by atoms with Crippen molar-refractivity contribution in [2.45, 2.75) is 24.4 Å². The third-order valence-corrected chi connectivity index (χ3v) is 6.53. The van der Waals surface area contributed by atoms with Crippen LogP contribution in [0.2, 0.25) is 5.02 Å². The second-order valence-corrected chi connectivity index (χ2v) is 8.72. The molecule has 9 heteroatoms. The smallest absolute Gasteiger partial charge is 0.262 e. The van der Waals surface area contributed by atoms with E-state index in [-0.39, 0.29) is 16.9 Å². The maximum atomic E-state index is 12.6. The summed E-state index contributed by atoms with van der Waals surface area (Å²) in [4.78, 5) is 16.3. The van der Waals surface area contributed by atoms with Gasteiger partial charge in [-0.25, -0.2) is 13.4 Å². The lowest BCUT2D eigenvalue weighted by Crippen LogP contribution is -2.42. The number of piperidine rings is 1. The molecule has 1 aromatic carbocycles. The second-order valence-electron chi connectivity index (χ2n) is 6.40. The summed E-state index contributed by atoms with van der Waals surface area (Å²) in [6.07, 6.45) is 3.95. The number of sulfonamides is 1. The molecule has 0 unspecified atom stereocenters. The molecule has 1 aromatic heterocycles. The monoisotopic (exact) mass is 396 g/mol. The van der Waals surface area contributed by atoms with Gasteiger partial charge in [0.25, 0.3) is 10.0 Å². The highest BCUT2D eigenvalue weighted by Crippen LogP contribution is 2.23. The fraction of sp³-hybridized carbons (Fsp3) is 0.412. The van der Waals surface area contributed by atoms with Crippen molar-refractivity contribution in [1.29, 1.82) is 0 Å². The summed E-state index contributed by atoms with van der Waals surface area (Å²) >= 11 is 5.85. The second kappa shape index (κ2) is 7.77. The normalized spacial score (nSPS) is 16.5. The molecule has 1 N–H and O–H groups in total. The molecular formula is C17H21ClN4O3S. The molecule has 3 rings (SSSR count). The number of carbonyl (C=O) groups is 1. The number of nitrogens with zero attached hydrogens (tertiary/aromatic N) is 3. The zero-order valence-electron chi connectivity index (χ0n) is 14.4. The molecule has 0 spiro atoms. The van der Waals surface area contributed by atoms with Crippen LogP contribution < -0.4 is 5.32 Å². The largest absolute Gasteiger partial charge is 0.352 e. The van der Waals surface area contributed by atoms with Crippen molar-refractivity contribution in [3.05, 3.63) is 47.4 Å². The Morgan fingerprint density at radius 2 is 1.92 bits per heavy atom. The van der Waals surface area contributed by atoms with Gasteiger partial charge < -0.3 is 9.88 Å². The highest BCUT2D eigenvalue weighted by molar-refractivity contribution is 7.89. The molecule has 7 nitrogen and oxygen atoms in total. The van der Waals surface area contributed by atoms with Gasteiger partial charge in [0.15, 0.2) is 5.03 Å². The molecule has 1 aliphatic heterocycles. The van der Waals surface area contributed by atoms with Gasteiger partial charge in [-0.15, -0.1) is 0 Å². The molecule has 2 aromatic rings. The average Bonchev–Trinajstić information content (AvgIpc) is 3.08. The van der Waals surface area contributed by atoms with Crippen molar-refractivity contribution in [1.82, 2.24) is 19.2 Å². The van der Waals surface area contributed by atoms with Crippen LogP contribution in [0.3, 0.4) is 0 Å². The number of nitrogens with one attached hydrogen (secondary N) is 1. The molecule has 26 heavy (non-hydrogen) atoms. The van der Waals surface area contributed by atoms with Gasteiger partial charge in [-0.3, -0.25) is 4.79 Å². The van der Waals surface area contributed by atoms with Crippen molar-refractivity contribution in [3.63, 3.8) is 0 Å². The molecule has 0 saturated carbocycles. The van der Waals surface area contributed by atoms with E-state index in [2.05, 4.69) is 10.3 Å². The molecule has 140 valence electrons. The maximum Gasteiger partial charge on any atom is 0.262 e. The van der Waals surface area contributed by atoms with E-state index in [1.54, 1.807) is 23.7 Å². The van der Waals surface area contributed by atoms with Gasteiger partial charge in [-0.1, -0.05) is 23.7 Å².